The second-order valence-corrected chi connectivity index (χ2v) is 6.12. The lowest BCUT2D eigenvalue weighted by Crippen LogP contribution is -2.29. The lowest BCUT2D eigenvalue weighted by Gasteiger charge is -2.19. The Morgan fingerprint density at radius 2 is 1.96 bits per heavy atom. The van der Waals surface area contributed by atoms with E-state index >= 15 is 0 Å². The number of ether oxygens (including phenoxy) is 2. The third kappa shape index (κ3) is 6.11. The normalized spacial score (nSPS) is 12.3. The highest BCUT2D eigenvalue weighted by molar-refractivity contribution is 5.96. The van der Waals surface area contributed by atoms with Crippen molar-refractivity contribution in [3.8, 4) is 5.75 Å². The molecule has 136 valence electrons. The van der Waals surface area contributed by atoms with Crippen molar-refractivity contribution >= 4 is 5.91 Å². The Hall–Kier alpha value is -1.63. The minimum atomic E-state index is -0.251. The van der Waals surface area contributed by atoms with Crippen LogP contribution in [0.2, 0.25) is 0 Å². The molecule has 24 heavy (non-hydrogen) atoms. The van der Waals surface area contributed by atoms with Gasteiger partial charge in [0.2, 0.25) is 0 Å². The van der Waals surface area contributed by atoms with E-state index in [9.17, 15) is 4.79 Å². The van der Waals surface area contributed by atoms with Crippen molar-refractivity contribution in [2.75, 3.05) is 34.5 Å². The predicted octanol–water partition coefficient (Wildman–Crippen LogP) is 2.26. The summed E-state index contributed by atoms with van der Waals surface area (Å²) in [6, 6.07) is 5.65. The van der Waals surface area contributed by atoms with Crippen molar-refractivity contribution in [3.63, 3.8) is 0 Å². The number of rotatable bonds is 10. The van der Waals surface area contributed by atoms with E-state index in [2.05, 4.69) is 13.8 Å². The van der Waals surface area contributed by atoms with Gasteiger partial charge in [0.05, 0.1) is 19.3 Å². The van der Waals surface area contributed by atoms with Crippen LogP contribution in [0.4, 0.5) is 0 Å². The first-order valence-electron chi connectivity index (χ1n) is 8.23. The van der Waals surface area contributed by atoms with Gasteiger partial charge in [-0.05, 0) is 30.0 Å². The van der Waals surface area contributed by atoms with Crippen LogP contribution in [0, 0.1) is 5.92 Å². The Labute approximate surface area is 144 Å². The number of carbonyl (C=O) groups is 1. The Balaban J connectivity index is 2.98. The molecule has 6 nitrogen and oxygen atoms in total. The summed E-state index contributed by atoms with van der Waals surface area (Å²) in [5.74, 6) is 0.685. The van der Waals surface area contributed by atoms with Crippen LogP contribution in [-0.4, -0.2) is 51.5 Å². The Kier molecular flexibility index (Phi) is 8.74. The van der Waals surface area contributed by atoms with E-state index < -0.39 is 0 Å². The van der Waals surface area contributed by atoms with E-state index in [0.717, 1.165) is 18.4 Å². The number of carbonyl (C=O) groups excluding carboxylic acids is 1. The van der Waals surface area contributed by atoms with Gasteiger partial charge in [0.15, 0.2) is 0 Å². The Bertz CT molecular complexity index is 520. The molecule has 1 aromatic rings. The van der Waals surface area contributed by atoms with Gasteiger partial charge in [0, 0.05) is 33.2 Å². The van der Waals surface area contributed by atoms with Crippen LogP contribution in [0.15, 0.2) is 18.2 Å². The van der Waals surface area contributed by atoms with E-state index in [1.54, 1.807) is 20.2 Å². The zero-order valence-corrected chi connectivity index (χ0v) is 15.4. The van der Waals surface area contributed by atoms with E-state index in [-0.39, 0.29) is 11.9 Å². The first kappa shape index (κ1) is 20.4. The van der Waals surface area contributed by atoms with Crippen molar-refractivity contribution in [1.82, 2.24) is 5.06 Å². The number of hydrogen-bond donors (Lipinski definition) is 1. The van der Waals surface area contributed by atoms with Crippen LogP contribution in [-0.2, 0) is 16.0 Å². The summed E-state index contributed by atoms with van der Waals surface area (Å²) in [5.41, 5.74) is 7.67. The van der Waals surface area contributed by atoms with Gasteiger partial charge in [-0.3, -0.25) is 9.63 Å². The number of nitrogens with zero attached hydrogens (tertiary/aromatic N) is 1. The minimum absolute atomic E-state index is 0.0644. The van der Waals surface area contributed by atoms with Crippen LogP contribution < -0.4 is 10.5 Å². The van der Waals surface area contributed by atoms with Gasteiger partial charge in [-0.15, -0.1) is 0 Å². The maximum atomic E-state index is 12.4. The van der Waals surface area contributed by atoms with Gasteiger partial charge in [-0.2, -0.15) is 0 Å². The van der Waals surface area contributed by atoms with Crippen molar-refractivity contribution in [1.29, 1.82) is 0 Å². The molecule has 0 saturated heterocycles. The van der Waals surface area contributed by atoms with Crippen molar-refractivity contribution in [2.45, 2.75) is 32.7 Å². The molecule has 0 heterocycles. The van der Waals surface area contributed by atoms with Crippen LogP contribution in [0.1, 0.15) is 36.2 Å². The SMILES string of the molecule is COCCCOc1cc(CC(N)C(C)C)ccc1C(=O)N(C)OC. The molecule has 1 aromatic carbocycles. The van der Waals surface area contributed by atoms with Crippen LogP contribution in [0.5, 0.6) is 5.75 Å². The summed E-state index contributed by atoms with van der Waals surface area (Å²) >= 11 is 0. The van der Waals surface area contributed by atoms with Gasteiger partial charge in [-0.25, -0.2) is 5.06 Å². The molecule has 0 aliphatic carbocycles. The molecule has 0 aliphatic rings. The van der Waals surface area contributed by atoms with Gasteiger partial charge in [0.25, 0.3) is 5.91 Å². The summed E-state index contributed by atoms with van der Waals surface area (Å²) in [4.78, 5) is 17.4. The summed E-state index contributed by atoms with van der Waals surface area (Å²) in [7, 11) is 4.67. The van der Waals surface area contributed by atoms with Crippen LogP contribution >= 0.6 is 0 Å². The monoisotopic (exact) mass is 338 g/mol. The average molecular weight is 338 g/mol. The number of amides is 1. The average Bonchev–Trinajstić information content (AvgIpc) is 2.57. The fourth-order valence-corrected chi connectivity index (χ4v) is 2.14. The van der Waals surface area contributed by atoms with Gasteiger partial charge in [-0.1, -0.05) is 19.9 Å². The maximum Gasteiger partial charge on any atom is 0.280 e. The summed E-state index contributed by atoms with van der Waals surface area (Å²) < 4.78 is 10.8. The van der Waals surface area contributed by atoms with Crippen LogP contribution in [0.25, 0.3) is 0 Å². The number of benzene rings is 1. The highest BCUT2D eigenvalue weighted by atomic mass is 16.7. The number of nitrogens with two attached hydrogens (primary N) is 1. The molecule has 2 N–H and O–H groups in total. The third-order valence-electron chi connectivity index (χ3n) is 3.91. The van der Waals surface area contributed by atoms with Gasteiger partial charge in [0.1, 0.15) is 5.75 Å². The third-order valence-corrected chi connectivity index (χ3v) is 3.91. The molecule has 0 spiro atoms. The van der Waals surface area contributed by atoms with E-state index in [1.165, 1.54) is 12.2 Å². The zero-order chi connectivity index (χ0) is 18.1. The summed E-state index contributed by atoms with van der Waals surface area (Å²) in [6.45, 7) is 5.28. The molecule has 0 saturated carbocycles. The molecule has 0 aliphatic heterocycles. The molecule has 1 unspecified atom stereocenters. The highest BCUT2D eigenvalue weighted by Crippen LogP contribution is 2.24. The molecule has 6 heteroatoms. The first-order valence-corrected chi connectivity index (χ1v) is 8.23. The smallest absolute Gasteiger partial charge is 0.280 e. The summed E-state index contributed by atoms with van der Waals surface area (Å²) in [5, 5.41) is 1.18. The lowest BCUT2D eigenvalue weighted by molar-refractivity contribution is -0.0758. The lowest BCUT2D eigenvalue weighted by atomic mass is 9.96. The number of hydrogen-bond acceptors (Lipinski definition) is 5. The second kappa shape index (κ2) is 10.3. The molecule has 1 amide bonds. The minimum Gasteiger partial charge on any atom is -0.493 e. The fraction of sp³-hybridized carbons (Fsp3) is 0.611. The molecule has 0 aromatic heterocycles. The maximum absolute atomic E-state index is 12.4. The van der Waals surface area contributed by atoms with E-state index in [1.807, 2.05) is 12.1 Å². The molecule has 0 bridgehead atoms. The van der Waals surface area contributed by atoms with Crippen molar-refractivity contribution in [3.05, 3.63) is 29.3 Å². The second-order valence-electron chi connectivity index (χ2n) is 6.12. The summed E-state index contributed by atoms with van der Waals surface area (Å²) in [6.07, 6.45) is 1.49. The number of hydroxylamine groups is 2. The fourth-order valence-electron chi connectivity index (χ4n) is 2.14. The topological polar surface area (TPSA) is 74.0 Å². The van der Waals surface area contributed by atoms with E-state index in [4.69, 9.17) is 20.0 Å². The molecule has 1 atom stereocenters. The highest BCUT2D eigenvalue weighted by Gasteiger charge is 2.18. The predicted molar refractivity (Wildman–Crippen MR) is 94.0 cm³/mol. The molecule has 1 rings (SSSR count). The zero-order valence-electron chi connectivity index (χ0n) is 15.4. The number of methoxy groups -OCH3 is 1. The first-order chi connectivity index (χ1) is 11.4. The van der Waals surface area contributed by atoms with Crippen molar-refractivity contribution < 1.29 is 19.1 Å². The van der Waals surface area contributed by atoms with Crippen molar-refractivity contribution in [2.24, 2.45) is 11.7 Å². The van der Waals surface area contributed by atoms with Crippen LogP contribution in [0.3, 0.4) is 0 Å². The van der Waals surface area contributed by atoms with E-state index in [0.29, 0.717) is 30.4 Å². The van der Waals surface area contributed by atoms with Gasteiger partial charge < -0.3 is 15.2 Å². The van der Waals surface area contributed by atoms with Gasteiger partial charge >= 0.3 is 0 Å². The molecular weight excluding hydrogens is 308 g/mol. The Morgan fingerprint density at radius 3 is 2.54 bits per heavy atom. The largest absolute Gasteiger partial charge is 0.493 e. The standard InChI is InChI=1S/C18H30N2O4/c1-13(2)16(19)11-14-7-8-15(18(21)20(3)23-5)17(12-14)24-10-6-9-22-4/h7-8,12-13,16H,6,9-11,19H2,1-5H3. The molecule has 0 radical (unpaired) electrons. The quantitative estimate of drug-likeness (QED) is 0.523. The Morgan fingerprint density at radius 1 is 1.25 bits per heavy atom. The molecular formula is C18H30N2O4. The molecule has 0 fully saturated rings.